The summed E-state index contributed by atoms with van der Waals surface area (Å²) in [6.07, 6.45) is 0. The number of aliphatic hydroxyl groups is 1. The molecule has 0 atom stereocenters. The van der Waals surface area contributed by atoms with Crippen LogP contribution >= 0.6 is 0 Å². The highest BCUT2D eigenvalue weighted by atomic mass is 19.1. The lowest BCUT2D eigenvalue weighted by molar-refractivity contribution is 0.270. The van der Waals surface area contributed by atoms with Crippen LogP contribution < -0.4 is 4.74 Å². The van der Waals surface area contributed by atoms with Crippen LogP contribution in [0.15, 0.2) is 42.5 Å². The zero-order valence-electron chi connectivity index (χ0n) is 9.48. The Morgan fingerprint density at radius 3 is 2.47 bits per heavy atom. The maximum Gasteiger partial charge on any atom is 0.135 e. The van der Waals surface area contributed by atoms with Crippen LogP contribution in [0, 0.1) is 12.7 Å². The van der Waals surface area contributed by atoms with E-state index in [-0.39, 0.29) is 12.2 Å². The van der Waals surface area contributed by atoms with Crippen LogP contribution in [0.25, 0.3) is 0 Å². The summed E-state index contributed by atoms with van der Waals surface area (Å²) in [4.78, 5) is 0. The van der Waals surface area contributed by atoms with Gasteiger partial charge in [-0.25, -0.2) is 4.39 Å². The molecule has 0 radical (unpaired) electrons. The number of halogens is 1. The van der Waals surface area contributed by atoms with E-state index in [0.29, 0.717) is 11.5 Å². The van der Waals surface area contributed by atoms with Crippen molar-refractivity contribution in [3.8, 4) is 11.5 Å². The van der Waals surface area contributed by atoms with E-state index in [0.717, 1.165) is 5.56 Å². The molecule has 17 heavy (non-hydrogen) atoms. The number of aliphatic hydroxyl groups excluding tert-OH is 1. The molecule has 1 N–H and O–H groups in total. The Morgan fingerprint density at radius 2 is 1.76 bits per heavy atom. The van der Waals surface area contributed by atoms with Crippen LogP contribution in [-0.4, -0.2) is 5.11 Å². The highest BCUT2D eigenvalue weighted by Crippen LogP contribution is 2.29. The number of hydrogen-bond acceptors (Lipinski definition) is 2. The minimum atomic E-state index is -0.460. The monoisotopic (exact) mass is 232 g/mol. The van der Waals surface area contributed by atoms with Crippen LogP contribution in [0.5, 0.6) is 11.5 Å². The van der Waals surface area contributed by atoms with Gasteiger partial charge in [-0.3, -0.25) is 0 Å². The Balaban J connectivity index is 2.37. The second-order valence-electron chi connectivity index (χ2n) is 3.74. The van der Waals surface area contributed by atoms with Gasteiger partial charge in [0.2, 0.25) is 0 Å². The highest BCUT2D eigenvalue weighted by molar-refractivity contribution is 5.41. The van der Waals surface area contributed by atoms with Crippen molar-refractivity contribution in [1.29, 1.82) is 0 Å². The summed E-state index contributed by atoms with van der Waals surface area (Å²) in [6, 6.07) is 12.0. The van der Waals surface area contributed by atoms with Crippen LogP contribution in [0.2, 0.25) is 0 Å². The van der Waals surface area contributed by atoms with Crippen molar-refractivity contribution in [3.05, 3.63) is 59.4 Å². The van der Waals surface area contributed by atoms with Gasteiger partial charge in [0, 0.05) is 0 Å². The van der Waals surface area contributed by atoms with Crippen molar-refractivity contribution < 1.29 is 14.2 Å². The van der Waals surface area contributed by atoms with Crippen molar-refractivity contribution >= 4 is 0 Å². The third kappa shape index (κ3) is 2.45. The standard InChI is InChI=1S/C14H13FO2/c1-10-5-2-3-7-13(10)17-14-8-4-6-12(15)11(14)9-16/h2-8,16H,9H2,1H3. The number of ether oxygens (including phenoxy) is 1. The first-order valence-electron chi connectivity index (χ1n) is 5.34. The van der Waals surface area contributed by atoms with Gasteiger partial charge >= 0.3 is 0 Å². The van der Waals surface area contributed by atoms with E-state index in [4.69, 9.17) is 9.84 Å². The molecule has 0 saturated carbocycles. The van der Waals surface area contributed by atoms with E-state index >= 15 is 0 Å². The van der Waals surface area contributed by atoms with Gasteiger partial charge in [0.25, 0.3) is 0 Å². The van der Waals surface area contributed by atoms with Gasteiger partial charge in [-0.05, 0) is 30.7 Å². The number of aryl methyl sites for hydroxylation is 1. The fraction of sp³-hybridized carbons (Fsp3) is 0.143. The Kier molecular flexibility index (Phi) is 3.40. The molecule has 2 nitrogen and oxygen atoms in total. The molecule has 0 bridgehead atoms. The van der Waals surface area contributed by atoms with E-state index in [2.05, 4.69) is 0 Å². The van der Waals surface area contributed by atoms with Gasteiger partial charge < -0.3 is 9.84 Å². The summed E-state index contributed by atoms with van der Waals surface area (Å²) < 4.78 is 19.0. The molecule has 0 amide bonds. The molecule has 0 aliphatic carbocycles. The molecular weight excluding hydrogens is 219 g/mol. The Hall–Kier alpha value is -1.87. The molecule has 0 aliphatic rings. The van der Waals surface area contributed by atoms with Crippen LogP contribution in [0.3, 0.4) is 0 Å². The maximum atomic E-state index is 13.4. The van der Waals surface area contributed by atoms with Crippen molar-refractivity contribution in [2.24, 2.45) is 0 Å². The molecule has 0 saturated heterocycles. The molecule has 0 spiro atoms. The molecule has 3 heteroatoms. The normalized spacial score (nSPS) is 10.3. The smallest absolute Gasteiger partial charge is 0.135 e. The average molecular weight is 232 g/mol. The summed E-state index contributed by atoms with van der Waals surface area (Å²) in [5.41, 5.74) is 1.14. The van der Waals surface area contributed by atoms with E-state index in [1.165, 1.54) is 6.07 Å². The first-order chi connectivity index (χ1) is 8.22. The molecule has 0 unspecified atom stereocenters. The zero-order valence-corrected chi connectivity index (χ0v) is 9.48. The molecule has 2 aromatic carbocycles. The van der Waals surface area contributed by atoms with Gasteiger partial charge in [0.15, 0.2) is 0 Å². The molecule has 0 fully saturated rings. The zero-order chi connectivity index (χ0) is 12.3. The second kappa shape index (κ2) is 4.97. The van der Waals surface area contributed by atoms with E-state index < -0.39 is 5.82 Å². The lowest BCUT2D eigenvalue weighted by atomic mass is 10.2. The maximum absolute atomic E-state index is 13.4. The summed E-state index contributed by atoms with van der Waals surface area (Å²) in [5.74, 6) is 0.549. The van der Waals surface area contributed by atoms with Crippen LogP contribution in [0.4, 0.5) is 4.39 Å². The number of para-hydroxylation sites is 1. The van der Waals surface area contributed by atoms with Crippen molar-refractivity contribution in [2.45, 2.75) is 13.5 Å². The minimum Gasteiger partial charge on any atom is -0.457 e. The number of rotatable bonds is 3. The Bertz CT molecular complexity index is 523. The van der Waals surface area contributed by atoms with Crippen molar-refractivity contribution in [3.63, 3.8) is 0 Å². The first-order valence-corrected chi connectivity index (χ1v) is 5.34. The Labute approximate surface area is 99.3 Å². The molecule has 2 aromatic rings. The summed E-state index contributed by atoms with van der Waals surface area (Å²) in [5, 5.41) is 9.13. The van der Waals surface area contributed by atoms with Gasteiger partial charge in [-0.15, -0.1) is 0 Å². The predicted molar refractivity (Wildman–Crippen MR) is 63.6 cm³/mol. The molecule has 0 aliphatic heterocycles. The molecular formula is C14H13FO2. The predicted octanol–water partition coefficient (Wildman–Crippen LogP) is 3.42. The number of benzene rings is 2. The molecule has 0 aromatic heterocycles. The quantitative estimate of drug-likeness (QED) is 0.878. The second-order valence-corrected chi connectivity index (χ2v) is 3.74. The Morgan fingerprint density at radius 1 is 1.06 bits per heavy atom. The lowest BCUT2D eigenvalue weighted by Crippen LogP contribution is -1.96. The van der Waals surface area contributed by atoms with E-state index in [1.807, 2.05) is 25.1 Å². The fourth-order valence-corrected chi connectivity index (χ4v) is 1.58. The number of hydrogen-bond donors (Lipinski definition) is 1. The van der Waals surface area contributed by atoms with Gasteiger partial charge in [-0.1, -0.05) is 24.3 Å². The summed E-state index contributed by atoms with van der Waals surface area (Å²) in [7, 11) is 0. The third-order valence-corrected chi connectivity index (χ3v) is 2.55. The topological polar surface area (TPSA) is 29.5 Å². The van der Waals surface area contributed by atoms with Gasteiger partial charge in [0.05, 0.1) is 12.2 Å². The van der Waals surface area contributed by atoms with Gasteiger partial charge in [-0.2, -0.15) is 0 Å². The van der Waals surface area contributed by atoms with Gasteiger partial charge in [0.1, 0.15) is 17.3 Å². The molecule has 0 heterocycles. The molecule has 2 rings (SSSR count). The minimum absolute atomic E-state index is 0.177. The van der Waals surface area contributed by atoms with E-state index in [1.54, 1.807) is 18.2 Å². The average Bonchev–Trinajstić information content (AvgIpc) is 2.32. The molecule has 88 valence electrons. The SMILES string of the molecule is Cc1ccccc1Oc1cccc(F)c1CO. The lowest BCUT2D eigenvalue weighted by Gasteiger charge is -2.11. The van der Waals surface area contributed by atoms with Crippen molar-refractivity contribution in [1.82, 2.24) is 0 Å². The largest absolute Gasteiger partial charge is 0.457 e. The van der Waals surface area contributed by atoms with Crippen molar-refractivity contribution in [2.75, 3.05) is 0 Å². The van der Waals surface area contributed by atoms with Crippen LogP contribution in [-0.2, 0) is 6.61 Å². The first kappa shape index (κ1) is 11.6. The fourth-order valence-electron chi connectivity index (χ4n) is 1.58. The van der Waals surface area contributed by atoms with E-state index in [9.17, 15) is 4.39 Å². The summed E-state index contributed by atoms with van der Waals surface area (Å²) >= 11 is 0. The summed E-state index contributed by atoms with van der Waals surface area (Å²) in [6.45, 7) is 1.53. The van der Waals surface area contributed by atoms with Crippen LogP contribution in [0.1, 0.15) is 11.1 Å². The highest BCUT2D eigenvalue weighted by Gasteiger charge is 2.10. The third-order valence-electron chi connectivity index (χ3n) is 2.55.